The molecule has 10 nitrogen and oxygen atoms in total. The van der Waals surface area contributed by atoms with Crippen LogP contribution in [0.1, 0.15) is 28.8 Å². The second-order valence-corrected chi connectivity index (χ2v) is 6.90. The minimum absolute atomic E-state index is 0.0208. The Kier molecular flexibility index (Phi) is 6.29. The number of hydrogen-bond donors (Lipinski definition) is 5. The molecule has 3 rings (SSSR count). The van der Waals surface area contributed by atoms with Gasteiger partial charge < -0.3 is 26.5 Å². The topological polar surface area (TPSA) is 177 Å². The third-order valence-corrected chi connectivity index (χ3v) is 4.67. The maximum atomic E-state index is 12.3. The standard InChI is InChI=1S/C21H22N6O4/c22-17(28)8-10-27-16-6-5-14(21(31)25-9-7-18(29)30)11-15(16)26-20(27)13-3-1-12(2-4-13)19(23)24/h1-6,11H,7-10H2,(H2,22,28)(H3,23,24)(H,25,31)(H,29,30). The first-order valence-corrected chi connectivity index (χ1v) is 9.49. The number of carboxylic acid groups (broad SMARTS) is 1. The summed E-state index contributed by atoms with van der Waals surface area (Å²) in [5.74, 6) is -1.32. The molecule has 0 radical (unpaired) electrons. The van der Waals surface area contributed by atoms with Crippen LogP contribution in [0.3, 0.4) is 0 Å². The number of fused-ring (bicyclic) bond motifs is 1. The molecule has 0 saturated carbocycles. The molecule has 0 unspecified atom stereocenters. The summed E-state index contributed by atoms with van der Waals surface area (Å²) in [5.41, 5.74) is 13.8. The SMILES string of the molecule is N=C(N)c1ccc(-c2nc3cc(C(=O)NCCC(=O)O)ccc3n2CCC(N)=O)cc1. The van der Waals surface area contributed by atoms with Crippen molar-refractivity contribution < 1.29 is 19.5 Å². The fourth-order valence-corrected chi connectivity index (χ4v) is 3.12. The van der Waals surface area contributed by atoms with E-state index in [1.54, 1.807) is 42.5 Å². The van der Waals surface area contributed by atoms with Gasteiger partial charge in [-0.15, -0.1) is 0 Å². The van der Waals surface area contributed by atoms with E-state index < -0.39 is 17.8 Å². The molecule has 0 fully saturated rings. The molecule has 0 atom stereocenters. The van der Waals surface area contributed by atoms with E-state index in [2.05, 4.69) is 10.3 Å². The molecule has 1 heterocycles. The van der Waals surface area contributed by atoms with Gasteiger partial charge in [-0.3, -0.25) is 19.8 Å². The summed E-state index contributed by atoms with van der Waals surface area (Å²) in [6, 6.07) is 11.9. The molecular formula is C21H22N6O4. The number of aryl methyl sites for hydroxylation is 1. The van der Waals surface area contributed by atoms with E-state index >= 15 is 0 Å². The third kappa shape index (κ3) is 5.04. The van der Waals surface area contributed by atoms with Crippen molar-refractivity contribution in [3.63, 3.8) is 0 Å². The van der Waals surface area contributed by atoms with Gasteiger partial charge in [0.1, 0.15) is 11.7 Å². The lowest BCUT2D eigenvalue weighted by Gasteiger charge is -2.09. The Morgan fingerprint density at radius 3 is 2.32 bits per heavy atom. The number of nitrogens with zero attached hydrogens (tertiary/aromatic N) is 2. The van der Waals surface area contributed by atoms with Gasteiger partial charge in [0.2, 0.25) is 5.91 Å². The Labute approximate surface area is 177 Å². The highest BCUT2D eigenvalue weighted by Gasteiger charge is 2.16. The number of primary amides is 1. The van der Waals surface area contributed by atoms with Crippen molar-refractivity contribution in [2.24, 2.45) is 11.5 Å². The Morgan fingerprint density at radius 2 is 1.71 bits per heavy atom. The highest BCUT2D eigenvalue weighted by atomic mass is 16.4. The molecule has 10 heteroatoms. The average molecular weight is 422 g/mol. The van der Waals surface area contributed by atoms with Crippen LogP contribution in [0.15, 0.2) is 42.5 Å². The molecule has 3 aromatic rings. The highest BCUT2D eigenvalue weighted by Crippen LogP contribution is 2.26. The largest absolute Gasteiger partial charge is 0.481 e. The molecule has 2 amide bonds. The van der Waals surface area contributed by atoms with E-state index in [1.165, 1.54) is 0 Å². The van der Waals surface area contributed by atoms with E-state index in [0.29, 0.717) is 34.5 Å². The number of carbonyl (C=O) groups is 3. The number of benzene rings is 2. The summed E-state index contributed by atoms with van der Waals surface area (Å²) in [7, 11) is 0. The van der Waals surface area contributed by atoms with Crippen molar-refractivity contribution in [3.8, 4) is 11.4 Å². The molecular weight excluding hydrogens is 400 g/mol. The lowest BCUT2D eigenvalue weighted by molar-refractivity contribution is -0.136. The lowest BCUT2D eigenvalue weighted by Crippen LogP contribution is -2.25. The van der Waals surface area contributed by atoms with Gasteiger partial charge in [0.25, 0.3) is 5.91 Å². The number of imidazole rings is 1. The highest BCUT2D eigenvalue weighted by molar-refractivity contribution is 5.98. The Balaban J connectivity index is 1.98. The number of rotatable bonds is 9. The van der Waals surface area contributed by atoms with Gasteiger partial charge in [0, 0.05) is 36.2 Å². The van der Waals surface area contributed by atoms with E-state index in [1.807, 2.05) is 4.57 Å². The third-order valence-electron chi connectivity index (χ3n) is 4.67. The lowest BCUT2D eigenvalue weighted by atomic mass is 10.1. The number of hydrogen-bond acceptors (Lipinski definition) is 5. The van der Waals surface area contributed by atoms with Crippen LogP contribution < -0.4 is 16.8 Å². The number of nitrogens with one attached hydrogen (secondary N) is 2. The molecule has 7 N–H and O–H groups in total. The number of amides is 2. The number of nitrogen functional groups attached to an aromatic ring is 1. The summed E-state index contributed by atoms with van der Waals surface area (Å²) in [6.07, 6.45) is -0.0580. The summed E-state index contributed by atoms with van der Waals surface area (Å²) in [4.78, 5) is 38.9. The van der Waals surface area contributed by atoms with Crippen LogP contribution in [0.5, 0.6) is 0 Å². The van der Waals surface area contributed by atoms with Crippen LogP contribution in [-0.2, 0) is 16.1 Å². The summed E-state index contributed by atoms with van der Waals surface area (Å²) < 4.78 is 1.84. The fraction of sp³-hybridized carbons (Fsp3) is 0.190. The maximum Gasteiger partial charge on any atom is 0.305 e. The van der Waals surface area contributed by atoms with Crippen molar-refractivity contribution in [1.29, 1.82) is 5.41 Å². The van der Waals surface area contributed by atoms with E-state index in [0.717, 1.165) is 5.56 Å². The van der Waals surface area contributed by atoms with Gasteiger partial charge in [0.05, 0.1) is 17.5 Å². The van der Waals surface area contributed by atoms with Crippen molar-refractivity contribution >= 4 is 34.7 Å². The van der Waals surface area contributed by atoms with Gasteiger partial charge in [-0.1, -0.05) is 24.3 Å². The predicted molar refractivity (Wildman–Crippen MR) is 115 cm³/mol. The zero-order chi connectivity index (χ0) is 22.5. The number of amidine groups is 1. The molecule has 0 saturated heterocycles. The Hall–Kier alpha value is -4.21. The molecule has 2 aromatic carbocycles. The predicted octanol–water partition coefficient (Wildman–Crippen LogP) is 1.07. The van der Waals surface area contributed by atoms with Crippen LogP contribution in [0.25, 0.3) is 22.4 Å². The first-order valence-electron chi connectivity index (χ1n) is 9.49. The number of carboxylic acids is 1. The quantitative estimate of drug-likeness (QED) is 0.254. The summed E-state index contributed by atoms with van der Waals surface area (Å²) >= 11 is 0. The molecule has 0 bridgehead atoms. The molecule has 160 valence electrons. The van der Waals surface area contributed by atoms with Gasteiger partial charge in [-0.2, -0.15) is 0 Å². The Morgan fingerprint density at radius 1 is 1.03 bits per heavy atom. The zero-order valence-corrected chi connectivity index (χ0v) is 16.6. The summed E-state index contributed by atoms with van der Waals surface area (Å²) in [6.45, 7) is 0.326. The number of carbonyl (C=O) groups excluding carboxylic acids is 2. The number of nitrogens with two attached hydrogens (primary N) is 2. The van der Waals surface area contributed by atoms with Crippen molar-refractivity contribution in [2.75, 3.05) is 6.54 Å². The molecule has 1 aromatic heterocycles. The van der Waals surface area contributed by atoms with Crippen molar-refractivity contribution in [1.82, 2.24) is 14.9 Å². The average Bonchev–Trinajstić information content (AvgIpc) is 3.09. The number of aliphatic carboxylic acids is 1. The number of aromatic nitrogens is 2. The molecule has 31 heavy (non-hydrogen) atoms. The first kappa shape index (κ1) is 21.5. The molecule has 0 aliphatic heterocycles. The first-order chi connectivity index (χ1) is 14.8. The molecule has 0 spiro atoms. The second kappa shape index (κ2) is 9.08. The van der Waals surface area contributed by atoms with Crippen LogP contribution in [0.2, 0.25) is 0 Å². The normalized spacial score (nSPS) is 10.7. The minimum Gasteiger partial charge on any atom is -0.481 e. The minimum atomic E-state index is -0.996. The van der Waals surface area contributed by atoms with E-state index in [9.17, 15) is 14.4 Å². The molecule has 0 aliphatic rings. The van der Waals surface area contributed by atoms with Crippen LogP contribution in [-0.4, -0.2) is 44.8 Å². The van der Waals surface area contributed by atoms with Crippen LogP contribution in [0.4, 0.5) is 0 Å². The van der Waals surface area contributed by atoms with E-state index in [-0.39, 0.29) is 25.2 Å². The van der Waals surface area contributed by atoms with Gasteiger partial charge >= 0.3 is 5.97 Å². The van der Waals surface area contributed by atoms with Crippen LogP contribution in [0, 0.1) is 5.41 Å². The Bertz CT molecular complexity index is 1170. The zero-order valence-electron chi connectivity index (χ0n) is 16.6. The van der Waals surface area contributed by atoms with Gasteiger partial charge in [-0.05, 0) is 18.2 Å². The van der Waals surface area contributed by atoms with Crippen LogP contribution >= 0.6 is 0 Å². The smallest absolute Gasteiger partial charge is 0.305 e. The van der Waals surface area contributed by atoms with Crippen molar-refractivity contribution in [2.45, 2.75) is 19.4 Å². The maximum absolute atomic E-state index is 12.3. The monoisotopic (exact) mass is 422 g/mol. The van der Waals surface area contributed by atoms with Gasteiger partial charge in [0.15, 0.2) is 0 Å². The van der Waals surface area contributed by atoms with E-state index in [4.69, 9.17) is 22.0 Å². The van der Waals surface area contributed by atoms with Crippen molar-refractivity contribution in [3.05, 3.63) is 53.6 Å². The fourth-order valence-electron chi connectivity index (χ4n) is 3.12. The second-order valence-electron chi connectivity index (χ2n) is 6.90. The summed E-state index contributed by atoms with van der Waals surface area (Å²) in [5, 5.41) is 18.8. The van der Waals surface area contributed by atoms with Gasteiger partial charge in [-0.25, -0.2) is 4.98 Å². The molecule has 0 aliphatic carbocycles.